The van der Waals surface area contributed by atoms with E-state index in [4.69, 9.17) is 0 Å². The molecule has 0 saturated carbocycles. The van der Waals surface area contributed by atoms with Crippen LogP contribution in [0.1, 0.15) is 24.2 Å². The summed E-state index contributed by atoms with van der Waals surface area (Å²) in [4.78, 5) is 23.3. The largest absolute Gasteiger partial charge is 0.297 e. The molecule has 1 aliphatic heterocycles. The highest BCUT2D eigenvalue weighted by Crippen LogP contribution is 2.19. The lowest BCUT2D eigenvalue weighted by molar-refractivity contribution is 0.162. The number of hydrogen-bond acceptors (Lipinski definition) is 6. The van der Waals surface area contributed by atoms with Gasteiger partial charge in [-0.1, -0.05) is 0 Å². The van der Waals surface area contributed by atoms with Gasteiger partial charge in [-0.2, -0.15) is 5.10 Å². The van der Waals surface area contributed by atoms with Crippen LogP contribution in [-0.4, -0.2) is 47.5 Å². The maximum Gasteiger partial charge on any atom is 0.266 e. The Balaban J connectivity index is 1.36. The maximum atomic E-state index is 12.2. The highest BCUT2D eigenvalue weighted by Gasteiger charge is 2.21. The molecule has 0 atom stereocenters. The molecule has 8 nitrogen and oxygen atoms in total. The lowest BCUT2D eigenvalue weighted by Crippen LogP contribution is -2.36. The lowest BCUT2D eigenvalue weighted by Gasteiger charge is -2.31. The van der Waals surface area contributed by atoms with E-state index in [9.17, 15) is 4.79 Å². The van der Waals surface area contributed by atoms with Crippen molar-refractivity contribution in [3.05, 3.63) is 64.7 Å². The zero-order chi connectivity index (χ0) is 18.6. The normalized spacial score (nSPS) is 15.9. The fraction of sp³-hybridized carbons (Fsp3) is 0.421. The van der Waals surface area contributed by atoms with Gasteiger partial charge in [0.25, 0.3) is 5.56 Å². The lowest BCUT2D eigenvalue weighted by atomic mass is 9.97. The molecular formula is C19H23N7O. The van der Waals surface area contributed by atoms with Crippen LogP contribution in [0.4, 0.5) is 0 Å². The first-order valence-corrected chi connectivity index (χ1v) is 9.25. The molecule has 3 aromatic heterocycles. The van der Waals surface area contributed by atoms with Gasteiger partial charge in [0.1, 0.15) is 0 Å². The zero-order valence-electron chi connectivity index (χ0n) is 15.4. The fourth-order valence-electron chi connectivity index (χ4n) is 3.40. The smallest absolute Gasteiger partial charge is 0.266 e. The Labute approximate surface area is 157 Å². The van der Waals surface area contributed by atoms with Crippen LogP contribution in [0.3, 0.4) is 0 Å². The van der Waals surface area contributed by atoms with Gasteiger partial charge in [-0.25, -0.2) is 9.36 Å². The van der Waals surface area contributed by atoms with Gasteiger partial charge in [-0.15, -0.1) is 5.10 Å². The molecule has 4 rings (SSSR count). The van der Waals surface area contributed by atoms with E-state index in [1.54, 1.807) is 27.7 Å². The van der Waals surface area contributed by atoms with Gasteiger partial charge in [0.2, 0.25) is 0 Å². The van der Waals surface area contributed by atoms with Crippen molar-refractivity contribution in [1.82, 2.24) is 34.4 Å². The maximum absolute atomic E-state index is 12.2. The van der Waals surface area contributed by atoms with Crippen LogP contribution >= 0.6 is 0 Å². The molecule has 140 valence electrons. The highest BCUT2D eigenvalue weighted by molar-refractivity contribution is 5.17. The number of likely N-dealkylation sites (tertiary alicyclic amines) is 1. The second-order valence-corrected chi connectivity index (χ2v) is 7.03. The van der Waals surface area contributed by atoms with Gasteiger partial charge >= 0.3 is 0 Å². The molecule has 0 radical (unpaired) electrons. The Kier molecular flexibility index (Phi) is 5.06. The summed E-state index contributed by atoms with van der Waals surface area (Å²) in [6.07, 6.45) is 9.27. The molecule has 4 heterocycles. The summed E-state index contributed by atoms with van der Waals surface area (Å²) in [6.45, 7) is 5.40. The standard InChI is InChI=1S/C19H23N7O/c1-15-11-21-17(12-20-15)14-24-9-5-16(6-10-24)13-26-19(27)4-3-18(23-26)25-8-2-7-22-25/h2-4,7-8,11-12,16H,5-6,9-10,13-14H2,1H3. The van der Waals surface area contributed by atoms with Gasteiger partial charge in [-0.05, 0) is 50.9 Å². The van der Waals surface area contributed by atoms with E-state index in [-0.39, 0.29) is 5.56 Å². The second kappa shape index (κ2) is 7.79. The molecule has 3 aromatic rings. The summed E-state index contributed by atoms with van der Waals surface area (Å²) in [5.41, 5.74) is 1.87. The van der Waals surface area contributed by atoms with Gasteiger partial charge in [0.05, 0.1) is 11.4 Å². The predicted octanol–water partition coefficient (Wildman–Crippen LogP) is 1.44. The Morgan fingerprint density at radius 1 is 1.15 bits per heavy atom. The van der Waals surface area contributed by atoms with Gasteiger partial charge in [0, 0.05) is 43.9 Å². The van der Waals surface area contributed by atoms with Crippen molar-refractivity contribution in [2.75, 3.05) is 13.1 Å². The van der Waals surface area contributed by atoms with E-state index in [1.165, 1.54) is 0 Å². The zero-order valence-corrected chi connectivity index (χ0v) is 15.4. The summed E-state index contributed by atoms with van der Waals surface area (Å²) < 4.78 is 3.24. The predicted molar refractivity (Wildman–Crippen MR) is 100 cm³/mol. The molecular weight excluding hydrogens is 342 g/mol. The quantitative estimate of drug-likeness (QED) is 0.680. The van der Waals surface area contributed by atoms with Crippen LogP contribution in [0.15, 0.2) is 47.8 Å². The average molecular weight is 365 g/mol. The van der Waals surface area contributed by atoms with Crippen molar-refractivity contribution in [1.29, 1.82) is 0 Å². The molecule has 0 spiro atoms. The van der Waals surface area contributed by atoms with Crippen LogP contribution in [0.25, 0.3) is 5.82 Å². The van der Waals surface area contributed by atoms with Crippen molar-refractivity contribution in [2.24, 2.45) is 5.92 Å². The van der Waals surface area contributed by atoms with Crippen molar-refractivity contribution < 1.29 is 0 Å². The van der Waals surface area contributed by atoms with Crippen LogP contribution in [0.5, 0.6) is 0 Å². The molecule has 0 N–H and O–H groups in total. The number of piperidine rings is 1. The number of rotatable bonds is 5. The molecule has 1 saturated heterocycles. The molecule has 27 heavy (non-hydrogen) atoms. The molecule has 0 bridgehead atoms. The van der Waals surface area contributed by atoms with E-state index in [2.05, 4.69) is 25.1 Å². The third-order valence-corrected chi connectivity index (χ3v) is 4.95. The molecule has 0 amide bonds. The van der Waals surface area contributed by atoms with Crippen molar-refractivity contribution in [2.45, 2.75) is 32.9 Å². The summed E-state index contributed by atoms with van der Waals surface area (Å²) in [6, 6.07) is 5.11. The SMILES string of the molecule is Cc1cnc(CN2CCC(Cn3nc(-n4cccn4)ccc3=O)CC2)cn1. The molecule has 0 unspecified atom stereocenters. The first kappa shape index (κ1) is 17.5. The number of hydrogen-bond donors (Lipinski definition) is 0. The second-order valence-electron chi connectivity index (χ2n) is 7.03. The minimum absolute atomic E-state index is 0.0664. The Morgan fingerprint density at radius 3 is 2.70 bits per heavy atom. The molecule has 1 fully saturated rings. The van der Waals surface area contributed by atoms with E-state index in [1.807, 2.05) is 31.6 Å². The Bertz CT molecular complexity index is 925. The van der Waals surface area contributed by atoms with E-state index < -0.39 is 0 Å². The third-order valence-electron chi connectivity index (χ3n) is 4.95. The van der Waals surface area contributed by atoms with Crippen molar-refractivity contribution in [3.63, 3.8) is 0 Å². The number of aromatic nitrogens is 6. The summed E-state index contributed by atoms with van der Waals surface area (Å²) >= 11 is 0. The van der Waals surface area contributed by atoms with Crippen molar-refractivity contribution in [3.8, 4) is 5.82 Å². The topological polar surface area (TPSA) is 81.7 Å². The average Bonchev–Trinajstić information content (AvgIpc) is 3.22. The summed E-state index contributed by atoms with van der Waals surface area (Å²) in [5.74, 6) is 1.11. The van der Waals surface area contributed by atoms with Gasteiger partial charge in [-0.3, -0.25) is 19.7 Å². The van der Waals surface area contributed by atoms with Crippen LogP contribution in [0, 0.1) is 12.8 Å². The van der Waals surface area contributed by atoms with Gasteiger partial charge < -0.3 is 0 Å². The number of nitrogens with zero attached hydrogens (tertiary/aromatic N) is 7. The minimum Gasteiger partial charge on any atom is -0.297 e. The molecule has 0 aromatic carbocycles. The van der Waals surface area contributed by atoms with Crippen molar-refractivity contribution >= 4 is 0 Å². The molecule has 1 aliphatic rings. The van der Waals surface area contributed by atoms with E-state index >= 15 is 0 Å². The Morgan fingerprint density at radius 2 is 2.00 bits per heavy atom. The van der Waals surface area contributed by atoms with Crippen LogP contribution in [0.2, 0.25) is 0 Å². The van der Waals surface area contributed by atoms with Gasteiger partial charge in [0.15, 0.2) is 5.82 Å². The number of aryl methyl sites for hydroxylation is 1. The first-order valence-electron chi connectivity index (χ1n) is 9.25. The summed E-state index contributed by atoms with van der Waals surface area (Å²) in [5, 5.41) is 8.66. The molecule has 0 aliphatic carbocycles. The van der Waals surface area contributed by atoms with Crippen LogP contribution in [-0.2, 0) is 13.1 Å². The Hall–Kier alpha value is -2.87. The minimum atomic E-state index is -0.0664. The van der Waals surface area contributed by atoms with E-state index in [0.717, 1.165) is 43.9 Å². The molecule has 8 heteroatoms. The third kappa shape index (κ3) is 4.28. The van der Waals surface area contributed by atoms with Crippen LogP contribution < -0.4 is 5.56 Å². The fourth-order valence-corrected chi connectivity index (χ4v) is 3.40. The monoisotopic (exact) mass is 365 g/mol. The van der Waals surface area contributed by atoms with E-state index in [0.29, 0.717) is 18.3 Å². The summed E-state index contributed by atoms with van der Waals surface area (Å²) in [7, 11) is 0. The highest BCUT2D eigenvalue weighted by atomic mass is 16.1. The first-order chi connectivity index (χ1) is 13.2.